The fourth-order valence-corrected chi connectivity index (χ4v) is 4.53. The Morgan fingerprint density at radius 2 is 2.04 bits per heavy atom. The highest BCUT2D eigenvalue weighted by molar-refractivity contribution is 5.95. The number of aryl methyl sites for hydroxylation is 1. The predicted molar refractivity (Wildman–Crippen MR) is 106 cm³/mol. The van der Waals surface area contributed by atoms with Crippen molar-refractivity contribution in [3.8, 4) is 5.75 Å². The van der Waals surface area contributed by atoms with Gasteiger partial charge in [-0.3, -0.25) is 9.59 Å². The molecule has 1 aromatic carbocycles. The van der Waals surface area contributed by atoms with Gasteiger partial charge in [-0.2, -0.15) is 0 Å². The number of carbonyl (C=O) groups is 1. The molecule has 0 bridgehead atoms. The number of carbonyl (C=O) groups excluding carboxylic acids is 1. The van der Waals surface area contributed by atoms with Crippen LogP contribution in [-0.4, -0.2) is 42.6 Å². The van der Waals surface area contributed by atoms with Crippen molar-refractivity contribution < 1.29 is 14.3 Å². The van der Waals surface area contributed by atoms with Crippen LogP contribution in [0.2, 0.25) is 0 Å². The van der Waals surface area contributed by atoms with Gasteiger partial charge in [0.2, 0.25) is 5.56 Å². The van der Waals surface area contributed by atoms with Crippen LogP contribution in [0.5, 0.6) is 5.75 Å². The van der Waals surface area contributed by atoms with Crippen molar-refractivity contribution in [3.05, 3.63) is 63.1 Å². The number of methoxy groups -OCH3 is 1. The highest BCUT2D eigenvalue weighted by Gasteiger charge is 2.43. The summed E-state index contributed by atoms with van der Waals surface area (Å²) in [6, 6.07) is 9.22. The molecule has 6 nitrogen and oxygen atoms in total. The highest BCUT2D eigenvalue weighted by atomic mass is 16.5. The summed E-state index contributed by atoms with van der Waals surface area (Å²) in [6.45, 7) is 3.84. The number of nitrogens with zero attached hydrogens (tertiary/aromatic N) is 1. The van der Waals surface area contributed by atoms with Crippen LogP contribution in [0.3, 0.4) is 0 Å². The number of amides is 1. The van der Waals surface area contributed by atoms with E-state index in [1.165, 1.54) is 11.6 Å². The van der Waals surface area contributed by atoms with E-state index in [4.69, 9.17) is 9.47 Å². The third-order valence-corrected chi connectivity index (χ3v) is 5.98. The molecular formula is C22H26N2O4. The van der Waals surface area contributed by atoms with Gasteiger partial charge < -0.3 is 19.4 Å². The SMILES string of the molecule is CCc1[nH]c(=O)ccc1C(=O)N1CCC2(CC1)OCCc1cccc(OC)c12. The number of hydrogen-bond donors (Lipinski definition) is 1. The predicted octanol–water partition coefficient (Wildman–Crippen LogP) is 2.65. The largest absolute Gasteiger partial charge is 0.496 e. The van der Waals surface area contributed by atoms with Crippen molar-refractivity contribution in [1.29, 1.82) is 0 Å². The number of hydrogen-bond acceptors (Lipinski definition) is 4. The Balaban J connectivity index is 1.58. The first-order valence-electron chi connectivity index (χ1n) is 9.90. The zero-order chi connectivity index (χ0) is 19.7. The van der Waals surface area contributed by atoms with Crippen molar-refractivity contribution in [2.75, 3.05) is 26.8 Å². The second-order valence-corrected chi connectivity index (χ2v) is 7.45. The molecule has 1 aromatic heterocycles. The van der Waals surface area contributed by atoms with E-state index in [0.717, 1.165) is 30.6 Å². The Kier molecular flexibility index (Phi) is 4.98. The number of fused-ring (bicyclic) bond motifs is 2. The molecule has 1 spiro atoms. The minimum Gasteiger partial charge on any atom is -0.496 e. The van der Waals surface area contributed by atoms with Gasteiger partial charge in [-0.25, -0.2) is 0 Å². The van der Waals surface area contributed by atoms with Crippen LogP contribution < -0.4 is 10.3 Å². The number of pyridine rings is 1. The molecule has 148 valence electrons. The summed E-state index contributed by atoms with van der Waals surface area (Å²) < 4.78 is 11.9. The van der Waals surface area contributed by atoms with E-state index >= 15 is 0 Å². The number of likely N-dealkylation sites (tertiary alicyclic amines) is 1. The number of rotatable bonds is 3. The van der Waals surface area contributed by atoms with Gasteiger partial charge >= 0.3 is 0 Å². The summed E-state index contributed by atoms with van der Waals surface area (Å²) in [5.74, 6) is 0.838. The Hall–Kier alpha value is -2.60. The third-order valence-electron chi connectivity index (χ3n) is 5.98. The standard InChI is InChI=1S/C22H26N2O4/c1-3-17-16(7-8-19(25)23-17)21(26)24-12-10-22(11-13-24)20-15(9-14-28-22)5-4-6-18(20)27-2/h4-8H,3,9-14H2,1-2H3,(H,23,25). The fourth-order valence-electron chi connectivity index (χ4n) is 4.53. The number of aromatic nitrogens is 1. The van der Waals surface area contributed by atoms with Gasteiger partial charge in [0.25, 0.3) is 5.91 Å². The number of piperidine rings is 1. The molecule has 28 heavy (non-hydrogen) atoms. The molecule has 1 fully saturated rings. The summed E-state index contributed by atoms with van der Waals surface area (Å²) >= 11 is 0. The van der Waals surface area contributed by atoms with Gasteiger partial charge in [-0.05, 0) is 43.4 Å². The topological polar surface area (TPSA) is 71.6 Å². The third kappa shape index (κ3) is 3.11. The van der Waals surface area contributed by atoms with Crippen molar-refractivity contribution in [1.82, 2.24) is 9.88 Å². The molecule has 0 atom stereocenters. The minimum atomic E-state index is -0.393. The molecule has 2 aliphatic rings. The lowest BCUT2D eigenvalue weighted by Crippen LogP contribution is -2.48. The van der Waals surface area contributed by atoms with E-state index in [9.17, 15) is 9.59 Å². The zero-order valence-electron chi connectivity index (χ0n) is 16.4. The van der Waals surface area contributed by atoms with E-state index in [2.05, 4.69) is 11.1 Å². The monoisotopic (exact) mass is 382 g/mol. The Labute approximate surface area is 164 Å². The average Bonchev–Trinajstić information content (AvgIpc) is 2.73. The lowest BCUT2D eigenvalue weighted by molar-refractivity contribution is -0.0946. The Morgan fingerprint density at radius 3 is 2.75 bits per heavy atom. The van der Waals surface area contributed by atoms with Gasteiger partial charge in [-0.1, -0.05) is 19.1 Å². The molecule has 6 heteroatoms. The molecule has 3 heterocycles. The lowest BCUT2D eigenvalue weighted by atomic mass is 9.78. The minimum absolute atomic E-state index is 0.0287. The maximum atomic E-state index is 13.1. The number of aromatic amines is 1. The van der Waals surface area contributed by atoms with Gasteiger partial charge in [0.1, 0.15) is 11.4 Å². The lowest BCUT2D eigenvalue weighted by Gasteiger charge is -2.45. The van der Waals surface area contributed by atoms with Crippen LogP contribution in [0.25, 0.3) is 0 Å². The molecule has 4 rings (SSSR count). The molecule has 0 saturated carbocycles. The van der Waals surface area contributed by atoms with Gasteiger partial charge in [-0.15, -0.1) is 0 Å². The summed E-state index contributed by atoms with van der Waals surface area (Å²) in [4.78, 5) is 29.3. The van der Waals surface area contributed by atoms with Crippen LogP contribution in [0, 0.1) is 0 Å². The molecule has 2 aromatic rings. The molecule has 0 unspecified atom stereocenters. The number of H-pyrrole nitrogens is 1. The number of benzene rings is 1. The van der Waals surface area contributed by atoms with Crippen molar-refractivity contribution >= 4 is 5.91 Å². The maximum Gasteiger partial charge on any atom is 0.255 e. The summed E-state index contributed by atoms with van der Waals surface area (Å²) in [5, 5.41) is 0. The Bertz CT molecular complexity index is 928. The summed E-state index contributed by atoms with van der Waals surface area (Å²) in [7, 11) is 1.69. The first kappa shape index (κ1) is 18.7. The first-order chi connectivity index (χ1) is 13.6. The molecule has 0 radical (unpaired) electrons. The normalized spacial score (nSPS) is 18.0. The molecule has 0 aliphatic carbocycles. The van der Waals surface area contributed by atoms with Crippen LogP contribution in [-0.2, 0) is 23.2 Å². The van der Waals surface area contributed by atoms with E-state index in [-0.39, 0.29) is 11.5 Å². The van der Waals surface area contributed by atoms with E-state index < -0.39 is 5.60 Å². The summed E-state index contributed by atoms with van der Waals surface area (Å²) in [5.41, 5.74) is 3.13. The van der Waals surface area contributed by atoms with Crippen molar-refractivity contribution in [3.63, 3.8) is 0 Å². The second kappa shape index (κ2) is 7.43. The van der Waals surface area contributed by atoms with Crippen LogP contribution in [0.4, 0.5) is 0 Å². The van der Waals surface area contributed by atoms with Crippen LogP contribution >= 0.6 is 0 Å². The fraction of sp³-hybridized carbons (Fsp3) is 0.455. The van der Waals surface area contributed by atoms with Crippen molar-refractivity contribution in [2.24, 2.45) is 0 Å². The van der Waals surface area contributed by atoms with E-state index in [1.54, 1.807) is 13.2 Å². The van der Waals surface area contributed by atoms with Gasteiger partial charge in [0.15, 0.2) is 0 Å². The molecule has 1 N–H and O–H groups in total. The number of nitrogens with one attached hydrogen (secondary N) is 1. The summed E-state index contributed by atoms with van der Waals surface area (Å²) in [6.07, 6.45) is 2.96. The van der Waals surface area contributed by atoms with E-state index in [0.29, 0.717) is 37.4 Å². The smallest absolute Gasteiger partial charge is 0.255 e. The van der Waals surface area contributed by atoms with E-state index in [1.807, 2.05) is 24.0 Å². The first-order valence-corrected chi connectivity index (χ1v) is 9.90. The van der Waals surface area contributed by atoms with Crippen molar-refractivity contribution in [2.45, 2.75) is 38.2 Å². The number of ether oxygens (including phenoxy) is 2. The zero-order valence-corrected chi connectivity index (χ0v) is 16.4. The average molecular weight is 382 g/mol. The van der Waals surface area contributed by atoms with Crippen LogP contribution in [0.1, 0.15) is 46.9 Å². The molecule has 1 saturated heterocycles. The van der Waals surface area contributed by atoms with Gasteiger partial charge in [0, 0.05) is 30.4 Å². The van der Waals surface area contributed by atoms with Gasteiger partial charge in [0.05, 0.1) is 19.3 Å². The Morgan fingerprint density at radius 1 is 1.25 bits per heavy atom. The second-order valence-electron chi connectivity index (χ2n) is 7.45. The quantitative estimate of drug-likeness (QED) is 0.886. The molecule has 2 aliphatic heterocycles. The highest BCUT2D eigenvalue weighted by Crippen LogP contribution is 2.45. The van der Waals surface area contributed by atoms with Crippen LogP contribution in [0.15, 0.2) is 35.1 Å². The molecular weight excluding hydrogens is 356 g/mol. The molecule has 1 amide bonds. The maximum absolute atomic E-state index is 13.1.